The molecule has 0 aliphatic heterocycles. The minimum absolute atomic E-state index is 0.0236. The summed E-state index contributed by atoms with van der Waals surface area (Å²) in [7, 11) is 0. The highest BCUT2D eigenvalue weighted by molar-refractivity contribution is 5.66. The van der Waals surface area contributed by atoms with E-state index in [1.54, 1.807) is 6.92 Å². The van der Waals surface area contributed by atoms with Crippen LogP contribution in [-0.4, -0.2) is 24.1 Å². The molecule has 4 aliphatic carbocycles. The minimum atomic E-state index is -0.170. The van der Waals surface area contributed by atoms with E-state index < -0.39 is 0 Å². The normalized spacial score (nSPS) is 45.3. The third kappa shape index (κ3) is 3.08. The van der Waals surface area contributed by atoms with E-state index in [1.165, 1.54) is 25.3 Å². The van der Waals surface area contributed by atoms with E-state index in [0.717, 1.165) is 32.1 Å². The van der Waals surface area contributed by atoms with E-state index in [2.05, 4.69) is 33.8 Å². The molecule has 0 bridgehead atoms. The summed E-state index contributed by atoms with van der Waals surface area (Å²) >= 11 is 0. The molecule has 3 saturated carbocycles. The molecule has 0 spiro atoms. The first kappa shape index (κ1) is 20.9. The lowest BCUT2D eigenvalue weighted by Gasteiger charge is -2.61. The molecule has 0 radical (unpaired) electrons. The lowest BCUT2D eigenvalue weighted by molar-refractivity contribution is -0.160. The molecule has 4 rings (SSSR count). The molecule has 0 saturated heterocycles. The number of hydrogen-bond acceptors (Lipinski definition) is 4. The van der Waals surface area contributed by atoms with Gasteiger partial charge in [-0.25, -0.2) is 0 Å². The van der Waals surface area contributed by atoms with Crippen LogP contribution in [0.1, 0.15) is 86.5 Å². The maximum absolute atomic E-state index is 11.7. The number of ether oxygens (including phenoxy) is 2. The summed E-state index contributed by atoms with van der Waals surface area (Å²) in [4.78, 5) is 23.3. The molecule has 0 aromatic carbocycles. The summed E-state index contributed by atoms with van der Waals surface area (Å²) in [6.07, 6.45) is 10.3. The van der Waals surface area contributed by atoms with Crippen molar-refractivity contribution < 1.29 is 19.1 Å². The highest BCUT2D eigenvalue weighted by Gasteiger charge is 2.61. The van der Waals surface area contributed by atoms with E-state index in [1.807, 2.05) is 0 Å². The van der Waals surface area contributed by atoms with Crippen LogP contribution in [0, 0.1) is 34.0 Å². The largest absolute Gasteiger partial charge is 0.462 e. The van der Waals surface area contributed by atoms with Crippen LogP contribution in [0.15, 0.2) is 11.6 Å². The van der Waals surface area contributed by atoms with Crippen LogP contribution in [0.5, 0.6) is 0 Å². The Bertz CT molecular complexity index is 737. The Morgan fingerprint density at radius 2 is 1.52 bits per heavy atom. The van der Waals surface area contributed by atoms with Crippen LogP contribution in [-0.2, 0) is 19.1 Å². The predicted octanol–water partition coefficient (Wildman–Crippen LogP) is 5.45. The molecule has 4 nitrogen and oxygen atoms in total. The van der Waals surface area contributed by atoms with Gasteiger partial charge in [-0.05, 0) is 68.1 Å². The Hall–Kier alpha value is -1.32. The molecule has 3 fully saturated rings. The fourth-order valence-corrected chi connectivity index (χ4v) is 8.13. The summed E-state index contributed by atoms with van der Waals surface area (Å²) in [5, 5.41) is 0. The first-order valence-corrected chi connectivity index (χ1v) is 11.6. The molecule has 0 aromatic heterocycles. The van der Waals surface area contributed by atoms with Gasteiger partial charge in [0.1, 0.15) is 12.2 Å². The molecule has 29 heavy (non-hydrogen) atoms. The first-order valence-electron chi connectivity index (χ1n) is 11.6. The van der Waals surface area contributed by atoms with Crippen molar-refractivity contribution in [1.82, 2.24) is 0 Å². The van der Waals surface area contributed by atoms with E-state index in [4.69, 9.17) is 9.47 Å². The van der Waals surface area contributed by atoms with Gasteiger partial charge in [-0.1, -0.05) is 39.3 Å². The minimum Gasteiger partial charge on any atom is -0.462 e. The number of hydrogen-bond donors (Lipinski definition) is 0. The van der Waals surface area contributed by atoms with Crippen molar-refractivity contribution >= 4 is 11.9 Å². The average Bonchev–Trinajstić information content (AvgIpc) is 2.93. The molecule has 0 amide bonds. The number of allylic oxidation sites excluding steroid dienone is 1. The molecule has 0 heterocycles. The van der Waals surface area contributed by atoms with Gasteiger partial charge in [-0.2, -0.15) is 0 Å². The van der Waals surface area contributed by atoms with Gasteiger partial charge in [0.15, 0.2) is 0 Å². The van der Waals surface area contributed by atoms with Crippen molar-refractivity contribution in [3.05, 3.63) is 11.6 Å². The summed E-state index contributed by atoms with van der Waals surface area (Å²) in [6.45, 7) is 12.5. The lowest BCUT2D eigenvalue weighted by Crippen LogP contribution is -2.55. The zero-order valence-corrected chi connectivity index (χ0v) is 19.0. The molecule has 0 unspecified atom stereocenters. The first-order chi connectivity index (χ1) is 13.5. The predicted molar refractivity (Wildman–Crippen MR) is 112 cm³/mol. The number of rotatable bonds is 2. The second-order valence-corrected chi connectivity index (χ2v) is 11.2. The van der Waals surface area contributed by atoms with Gasteiger partial charge in [0.25, 0.3) is 0 Å². The van der Waals surface area contributed by atoms with Crippen molar-refractivity contribution in [3.63, 3.8) is 0 Å². The topological polar surface area (TPSA) is 52.6 Å². The Balaban J connectivity index is 1.63. The van der Waals surface area contributed by atoms with E-state index in [9.17, 15) is 9.59 Å². The van der Waals surface area contributed by atoms with Crippen molar-refractivity contribution in [2.75, 3.05) is 0 Å². The quantitative estimate of drug-likeness (QED) is 0.455. The summed E-state index contributed by atoms with van der Waals surface area (Å²) < 4.78 is 11.5. The van der Waals surface area contributed by atoms with Crippen LogP contribution >= 0.6 is 0 Å². The number of carbonyl (C=O) groups excluding carboxylic acids is 2. The number of esters is 2. The zero-order valence-electron chi connectivity index (χ0n) is 19.0. The molecule has 4 heteroatoms. The second kappa shape index (κ2) is 6.85. The van der Waals surface area contributed by atoms with Crippen LogP contribution < -0.4 is 0 Å². The maximum Gasteiger partial charge on any atom is 0.302 e. The third-order valence-electron chi connectivity index (χ3n) is 9.42. The Labute approximate surface area is 175 Å². The van der Waals surface area contributed by atoms with E-state index >= 15 is 0 Å². The zero-order chi connectivity index (χ0) is 21.2. The maximum atomic E-state index is 11.7. The van der Waals surface area contributed by atoms with Gasteiger partial charge < -0.3 is 9.47 Å². The van der Waals surface area contributed by atoms with Crippen LogP contribution in [0.4, 0.5) is 0 Å². The SMILES string of the molecule is CC(=O)O[C@H]1CC[C@@]2(C)C(=CC[C@H]3[C@@H]4CC[C@H](OC(C)=O)[C@@]4(C)CC[C@@H]32)C1(C)C. The van der Waals surface area contributed by atoms with Gasteiger partial charge >= 0.3 is 11.9 Å². The molecule has 7 atom stereocenters. The summed E-state index contributed by atoms with van der Waals surface area (Å²) in [6, 6.07) is 0. The van der Waals surface area contributed by atoms with Crippen molar-refractivity contribution in [2.45, 2.75) is 98.7 Å². The van der Waals surface area contributed by atoms with Gasteiger partial charge in [0, 0.05) is 24.7 Å². The smallest absolute Gasteiger partial charge is 0.302 e. The summed E-state index contributed by atoms with van der Waals surface area (Å²) in [5.74, 6) is 1.67. The fourth-order valence-electron chi connectivity index (χ4n) is 8.13. The van der Waals surface area contributed by atoms with Crippen molar-refractivity contribution in [1.29, 1.82) is 0 Å². The number of fused-ring (bicyclic) bond motifs is 5. The van der Waals surface area contributed by atoms with Crippen LogP contribution in [0.2, 0.25) is 0 Å². The van der Waals surface area contributed by atoms with Crippen molar-refractivity contribution in [3.8, 4) is 0 Å². The van der Waals surface area contributed by atoms with Crippen LogP contribution in [0.25, 0.3) is 0 Å². The van der Waals surface area contributed by atoms with Crippen LogP contribution in [0.3, 0.4) is 0 Å². The molecule has 0 aromatic rings. The fraction of sp³-hybridized carbons (Fsp3) is 0.840. The standard InChI is InChI=1S/C25H38O4/c1-15(26)28-21-12-14-24(5)19-11-13-25(6)18(8-10-22(25)29-16(2)27)17(19)7-9-20(24)23(21,3)4/h9,17-19,21-22H,7-8,10-14H2,1-6H3/t17-,18-,19-,21-,22-,24+,25-/m0/s1. The van der Waals surface area contributed by atoms with E-state index in [0.29, 0.717) is 17.8 Å². The highest BCUT2D eigenvalue weighted by Crippen LogP contribution is 2.67. The third-order valence-corrected chi connectivity index (χ3v) is 9.42. The van der Waals surface area contributed by atoms with Crippen molar-refractivity contribution in [2.24, 2.45) is 34.0 Å². The summed E-state index contributed by atoms with van der Waals surface area (Å²) in [5.41, 5.74) is 1.71. The van der Waals surface area contributed by atoms with Gasteiger partial charge in [0.05, 0.1) is 0 Å². The van der Waals surface area contributed by atoms with Gasteiger partial charge in [-0.3, -0.25) is 9.59 Å². The molecule has 4 aliphatic rings. The second-order valence-electron chi connectivity index (χ2n) is 11.2. The number of carbonyl (C=O) groups is 2. The molecule has 0 N–H and O–H groups in total. The monoisotopic (exact) mass is 402 g/mol. The Morgan fingerprint density at radius 1 is 0.862 bits per heavy atom. The Morgan fingerprint density at radius 3 is 2.17 bits per heavy atom. The van der Waals surface area contributed by atoms with Gasteiger partial charge in [0.2, 0.25) is 0 Å². The molecular formula is C25H38O4. The van der Waals surface area contributed by atoms with E-state index in [-0.39, 0.29) is 40.4 Å². The average molecular weight is 403 g/mol. The highest BCUT2D eigenvalue weighted by atomic mass is 16.5. The Kier molecular flexibility index (Phi) is 4.94. The molecular weight excluding hydrogens is 364 g/mol. The lowest BCUT2D eigenvalue weighted by atomic mass is 9.45. The van der Waals surface area contributed by atoms with Gasteiger partial charge in [-0.15, -0.1) is 0 Å². The molecule has 162 valence electrons.